The van der Waals surface area contributed by atoms with Gasteiger partial charge >= 0.3 is 5.97 Å². The summed E-state index contributed by atoms with van der Waals surface area (Å²) in [6.07, 6.45) is 6.24. The molecule has 1 amide bonds. The molecule has 2 aliphatic rings. The Morgan fingerprint density at radius 1 is 1.30 bits per heavy atom. The van der Waals surface area contributed by atoms with Gasteiger partial charge in [-0.05, 0) is 56.4 Å². The average Bonchev–Trinajstić information content (AvgIpc) is 3.08. The number of carbonyl (C=O) groups excluding carboxylic acids is 2. The number of nitrogens with zero attached hydrogens (tertiary/aromatic N) is 2. The summed E-state index contributed by atoms with van der Waals surface area (Å²) in [4.78, 5) is 27.6. The number of aromatic nitrogens is 1. The van der Waals surface area contributed by atoms with Crippen molar-refractivity contribution >= 4 is 22.8 Å². The van der Waals surface area contributed by atoms with Gasteiger partial charge in [-0.1, -0.05) is 18.2 Å². The third-order valence-corrected chi connectivity index (χ3v) is 6.50. The van der Waals surface area contributed by atoms with E-state index >= 15 is 0 Å². The number of rotatable bonds is 2. The van der Waals surface area contributed by atoms with Crippen LogP contribution in [0.5, 0.6) is 0 Å². The van der Waals surface area contributed by atoms with Crippen LogP contribution in [0, 0.1) is 5.92 Å². The van der Waals surface area contributed by atoms with Crippen molar-refractivity contribution in [2.24, 2.45) is 13.0 Å². The van der Waals surface area contributed by atoms with Gasteiger partial charge in [0, 0.05) is 35.6 Å². The molecule has 0 saturated carbocycles. The first-order valence-electron chi connectivity index (χ1n) is 9.43. The first-order valence-corrected chi connectivity index (χ1v) is 9.43. The largest absolute Gasteiger partial charge is 0.467 e. The van der Waals surface area contributed by atoms with Crippen LogP contribution in [0.1, 0.15) is 37.8 Å². The predicted octanol–water partition coefficient (Wildman–Crippen LogP) is 3.17. The number of allylic oxidation sites excluding steroid dienone is 1. The van der Waals surface area contributed by atoms with Gasteiger partial charge in [-0.2, -0.15) is 0 Å². The summed E-state index contributed by atoms with van der Waals surface area (Å²) < 4.78 is 7.28. The summed E-state index contributed by atoms with van der Waals surface area (Å²) in [6, 6.07) is 5.75. The maximum Gasteiger partial charge on any atom is 0.329 e. The first kappa shape index (κ1) is 17.8. The van der Waals surface area contributed by atoms with E-state index in [1.54, 1.807) is 17.1 Å². The zero-order valence-electron chi connectivity index (χ0n) is 16.5. The molecule has 1 fully saturated rings. The Hall–Kier alpha value is -2.56. The van der Waals surface area contributed by atoms with Gasteiger partial charge in [0.1, 0.15) is 6.04 Å². The first-order chi connectivity index (χ1) is 12.8. The van der Waals surface area contributed by atoms with Gasteiger partial charge in [0.2, 0.25) is 5.91 Å². The highest BCUT2D eigenvalue weighted by Gasteiger charge is 2.60. The van der Waals surface area contributed by atoms with Crippen molar-refractivity contribution in [3.05, 3.63) is 47.7 Å². The number of hydrogen-bond acceptors (Lipinski definition) is 3. The van der Waals surface area contributed by atoms with Crippen molar-refractivity contribution in [3.63, 3.8) is 0 Å². The van der Waals surface area contributed by atoms with E-state index in [9.17, 15) is 9.59 Å². The summed E-state index contributed by atoms with van der Waals surface area (Å²) in [5.74, 6) is -0.398. The molecular weight excluding hydrogens is 340 g/mol. The Balaban J connectivity index is 1.96. The lowest BCUT2D eigenvalue weighted by atomic mass is 9.70. The van der Waals surface area contributed by atoms with E-state index in [0.29, 0.717) is 0 Å². The molecular formula is C22H26N2O3. The van der Waals surface area contributed by atoms with Gasteiger partial charge in [0.25, 0.3) is 0 Å². The Morgan fingerprint density at radius 2 is 2.04 bits per heavy atom. The van der Waals surface area contributed by atoms with Crippen LogP contribution in [0.15, 0.2) is 36.5 Å². The normalized spacial score (nSPS) is 25.8. The number of aryl methyl sites for hydroxylation is 1. The molecule has 27 heavy (non-hydrogen) atoms. The molecule has 0 spiro atoms. The fourth-order valence-electron chi connectivity index (χ4n) is 5.35. The van der Waals surface area contributed by atoms with Crippen LogP contribution in [-0.4, -0.2) is 40.0 Å². The highest BCUT2D eigenvalue weighted by Crippen LogP contribution is 2.55. The summed E-state index contributed by atoms with van der Waals surface area (Å²) in [6.45, 7) is 5.96. The van der Waals surface area contributed by atoms with E-state index < -0.39 is 11.6 Å². The van der Waals surface area contributed by atoms with Gasteiger partial charge < -0.3 is 14.2 Å². The molecule has 5 nitrogen and oxygen atoms in total. The molecule has 4 rings (SSSR count). The Morgan fingerprint density at radius 3 is 2.70 bits per heavy atom. The zero-order valence-corrected chi connectivity index (χ0v) is 16.5. The summed E-state index contributed by atoms with van der Waals surface area (Å²) in [7, 11) is 3.43. The van der Waals surface area contributed by atoms with E-state index in [-0.39, 0.29) is 23.7 Å². The second kappa shape index (κ2) is 5.98. The highest BCUT2D eigenvalue weighted by atomic mass is 16.5. The second-order valence-corrected chi connectivity index (χ2v) is 8.17. The lowest BCUT2D eigenvalue weighted by molar-refractivity contribution is -0.152. The Bertz CT molecular complexity index is 969. The van der Waals surface area contributed by atoms with Gasteiger partial charge in [-0.15, -0.1) is 0 Å². The predicted molar refractivity (Wildman–Crippen MR) is 104 cm³/mol. The molecule has 3 atom stereocenters. The molecule has 0 bridgehead atoms. The minimum Gasteiger partial charge on any atom is -0.467 e. The monoisotopic (exact) mass is 366 g/mol. The van der Waals surface area contributed by atoms with Crippen LogP contribution < -0.4 is 0 Å². The lowest BCUT2D eigenvalue weighted by Crippen LogP contribution is -2.51. The average molecular weight is 366 g/mol. The van der Waals surface area contributed by atoms with E-state index in [1.807, 2.05) is 14.0 Å². The van der Waals surface area contributed by atoms with Gasteiger partial charge in [-0.3, -0.25) is 4.79 Å². The highest BCUT2D eigenvalue weighted by molar-refractivity contribution is 5.96. The SMILES string of the molecule is C/C=C/C(=O)N1[C@H](C(=O)OC)[C@H]2c3cn(C)c4cccc(c34)C[C@H]2C1(C)C. The molecule has 0 radical (unpaired) electrons. The summed E-state index contributed by atoms with van der Waals surface area (Å²) >= 11 is 0. The minimum atomic E-state index is -0.613. The third-order valence-electron chi connectivity index (χ3n) is 6.50. The number of fused-ring (bicyclic) bond motifs is 2. The Labute approximate surface area is 159 Å². The molecule has 1 aromatic heterocycles. The molecule has 5 heteroatoms. The molecule has 142 valence electrons. The molecule has 1 aromatic carbocycles. The molecule has 1 saturated heterocycles. The maximum absolute atomic E-state index is 13.0. The number of carbonyl (C=O) groups is 2. The van der Waals surface area contributed by atoms with Gasteiger partial charge in [-0.25, -0.2) is 4.79 Å². The third kappa shape index (κ3) is 2.30. The van der Waals surface area contributed by atoms with E-state index in [0.717, 1.165) is 12.0 Å². The standard InChI is InChI=1S/C22H26N2O3/c1-6-8-17(25)24-20(21(26)27-5)19-14-12-23(4)16-10-7-9-13(18(14)16)11-15(19)22(24,2)3/h6-10,12,15,19-20H,11H2,1-5H3/b8-6+/t15-,19+,20+/m1/s1. The van der Waals surface area contributed by atoms with Crippen LogP contribution in [0.3, 0.4) is 0 Å². The maximum atomic E-state index is 13.0. The van der Waals surface area contributed by atoms with Gasteiger partial charge in [0.05, 0.1) is 7.11 Å². The van der Waals surface area contributed by atoms with Gasteiger partial charge in [0.15, 0.2) is 0 Å². The quantitative estimate of drug-likeness (QED) is 0.606. The topological polar surface area (TPSA) is 51.5 Å². The van der Waals surface area contributed by atoms with E-state index in [1.165, 1.54) is 23.6 Å². The fourth-order valence-corrected chi connectivity index (χ4v) is 5.35. The van der Waals surface area contributed by atoms with Crippen molar-refractivity contribution in [3.8, 4) is 0 Å². The summed E-state index contributed by atoms with van der Waals surface area (Å²) in [5, 5.41) is 1.23. The van der Waals surface area contributed by atoms with Crippen LogP contribution in [0.2, 0.25) is 0 Å². The zero-order chi connectivity index (χ0) is 19.5. The van der Waals surface area contributed by atoms with Crippen molar-refractivity contribution in [2.75, 3.05) is 7.11 Å². The number of hydrogen-bond donors (Lipinski definition) is 0. The Kier molecular flexibility index (Phi) is 3.95. The number of benzene rings is 1. The van der Waals surface area contributed by atoms with E-state index in [2.05, 4.69) is 42.8 Å². The molecule has 0 unspecified atom stereocenters. The number of ether oxygens (including phenoxy) is 1. The minimum absolute atomic E-state index is 0.0692. The van der Waals surface area contributed by atoms with Crippen molar-refractivity contribution in [1.29, 1.82) is 0 Å². The molecule has 1 aliphatic carbocycles. The van der Waals surface area contributed by atoms with Crippen LogP contribution in [0.25, 0.3) is 10.9 Å². The molecule has 2 aromatic rings. The molecule has 0 N–H and O–H groups in total. The molecule has 1 aliphatic heterocycles. The summed E-state index contributed by atoms with van der Waals surface area (Å²) in [5.41, 5.74) is 3.15. The van der Waals surface area contributed by atoms with Crippen LogP contribution in [0.4, 0.5) is 0 Å². The smallest absolute Gasteiger partial charge is 0.329 e. The van der Waals surface area contributed by atoms with Crippen molar-refractivity contribution < 1.29 is 14.3 Å². The van der Waals surface area contributed by atoms with Crippen molar-refractivity contribution in [1.82, 2.24) is 9.47 Å². The number of likely N-dealkylation sites (tertiary alicyclic amines) is 1. The number of amides is 1. The number of methoxy groups -OCH3 is 1. The van der Waals surface area contributed by atoms with Crippen LogP contribution >= 0.6 is 0 Å². The lowest BCUT2D eigenvalue weighted by Gasteiger charge is -2.37. The molecule has 2 heterocycles. The van der Waals surface area contributed by atoms with E-state index in [4.69, 9.17) is 4.74 Å². The van der Waals surface area contributed by atoms with Crippen LogP contribution in [-0.2, 0) is 27.8 Å². The van der Waals surface area contributed by atoms with Crippen molar-refractivity contribution in [2.45, 2.75) is 44.7 Å². The number of esters is 1. The second-order valence-electron chi connectivity index (χ2n) is 8.17. The fraction of sp³-hybridized carbons (Fsp3) is 0.455.